The maximum Gasteiger partial charge on any atom is 0.318 e. The Kier molecular flexibility index (Phi) is 8.77. The fourth-order valence-corrected chi connectivity index (χ4v) is 7.74. The van der Waals surface area contributed by atoms with Crippen LogP contribution in [0.25, 0.3) is 0 Å². The number of piperazine rings is 1. The molecule has 4 heterocycles. The molecule has 1 aliphatic carbocycles. The number of aromatic nitrogens is 2. The minimum Gasteiger partial charge on any atom is -0.462 e. The molecule has 1 aromatic heterocycles. The summed E-state index contributed by atoms with van der Waals surface area (Å²) in [5, 5.41) is 9.52. The summed E-state index contributed by atoms with van der Waals surface area (Å²) >= 11 is 0. The van der Waals surface area contributed by atoms with E-state index in [1.54, 1.807) is 0 Å². The van der Waals surface area contributed by atoms with Gasteiger partial charge in [-0.25, -0.2) is 4.39 Å². The van der Waals surface area contributed by atoms with E-state index in [0.29, 0.717) is 38.3 Å². The molecule has 3 fully saturated rings. The highest BCUT2D eigenvalue weighted by molar-refractivity contribution is 5.91. The number of likely N-dealkylation sites (N-methyl/N-ethyl adjacent to an activating group) is 1. The molecule has 0 bridgehead atoms. The summed E-state index contributed by atoms with van der Waals surface area (Å²) in [6.45, 7) is 10.2. The lowest BCUT2D eigenvalue weighted by Crippen LogP contribution is -2.55. The van der Waals surface area contributed by atoms with Gasteiger partial charge in [0.2, 0.25) is 0 Å². The monoisotopic (exact) mass is 601 g/mol. The van der Waals surface area contributed by atoms with Gasteiger partial charge in [0, 0.05) is 50.0 Å². The number of amides is 1. The number of nitriles is 1. The van der Waals surface area contributed by atoms with Gasteiger partial charge < -0.3 is 24.3 Å². The highest BCUT2D eigenvalue weighted by Crippen LogP contribution is 2.46. The summed E-state index contributed by atoms with van der Waals surface area (Å²) in [5.74, 6) is -0.892. The van der Waals surface area contributed by atoms with Gasteiger partial charge in [-0.1, -0.05) is 24.8 Å². The van der Waals surface area contributed by atoms with Crippen LogP contribution in [0.15, 0.2) is 36.7 Å². The number of aryl methyl sites for hydroxylation is 1. The van der Waals surface area contributed by atoms with Gasteiger partial charge in [-0.15, -0.1) is 0 Å². The first kappa shape index (κ1) is 30.3. The first-order chi connectivity index (χ1) is 21.3. The Hall–Kier alpha value is -3.71. The highest BCUT2D eigenvalue weighted by atomic mass is 19.1. The fraction of sp³-hybridized carbons (Fsp3) is 0.588. The van der Waals surface area contributed by atoms with Gasteiger partial charge in [-0.2, -0.15) is 15.2 Å². The first-order valence-electron chi connectivity index (χ1n) is 16.1. The van der Waals surface area contributed by atoms with E-state index < -0.39 is 17.8 Å². The Balaban J connectivity index is 1.25. The van der Waals surface area contributed by atoms with E-state index in [2.05, 4.69) is 65.6 Å². The van der Waals surface area contributed by atoms with E-state index in [9.17, 15) is 14.4 Å². The fourth-order valence-electron chi connectivity index (χ4n) is 7.74. The molecule has 9 nitrogen and oxygen atoms in total. The molecule has 10 heteroatoms. The predicted molar refractivity (Wildman–Crippen MR) is 168 cm³/mol. The van der Waals surface area contributed by atoms with E-state index in [4.69, 9.17) is 14.7 Å². The predicted octanol–water partition coefficient (Wildman–Crippen LogP) is 4.45. The van der Waals surface area contributed by atoms with Crippen LogP contribution in [0.1, 0.15) is 55.3 Å². The lowest BCUT2D eigenvalue weighted by Gasteiger charge is -2.46. The molecule has 2 atom stereocenters. The molecule has 0 unspecified atom stereocenters. The molecular weight excluding hydrogens is 557 g/mol. The van der Waals surface area contributed by atoms with Crippen LogP contribution < -0.4 is 14.5 Å². The van der Waals surface area contributed by atoms with Crippen LogP contribution in [0.3, 0.4) is 0 Å². The van der Waals surface area contributed by atoms with Crippen molar-refractivity contribution >= 4 is 17.4 Å². The number of likely N-dealkylation sites (tertiary alicyclic amines) is 1. The van der Waals surface area contributed by atoms with Crippen molar-refractivity contribution in [2.45, 2.75) is 70.4 Å². The molecule has 3 saturated heterocycles. The Morgan fingerprint density at radius 1 is 1.11 bits per heavy atom. The number of halogens is 1. The Morgan fingerprint density at radius 2 is 1.91 bits per heavy atom. The van der Waals surface area contributed by atoms with Crippen molar-refractivity contribution in [2.24, 2.45) is 5.41 Å². The molecule has 234 valence electrons. The zero-order chi connectivity index (χ0) is 30.8. The molecule has 6 rings (SSSR count). The van der Waals surface area contributed by atoms with Crippen LogP contribution in [-0.4, -0.2) is 90.7 Å². The molecule has 4 aliphatic rings. The number of nitrogens with zero attached hydrogens (tertiary/aromatic N) is 7. The summed E-state index contributed by atoms with van der Waals surface area (Å²) in [4.78, 5) is 31.0. The van der Waals surface area contributed by atoms with Gasteiger partial charge in [0.25, 0.3) is 5.91 Å². The Morgan fingerprint density at radius 3 is 2.61 bits per heavy atom. The van der Waals surface area contributed by atoms with Crippen LogP contribution in [0, 0.1) is 23.7 Å². The number of carbonyl (C=O) groups is 1. The van der Waals surface area contributed by atoms with E-state index in [-0.39, 0.29) is 11.8 Å². The second-order valence-electron chi connectivity index (χ2n) is 13.2. The summed E-state index contributed by atoms with van der Waals surface area (Å²) in [7, 11) is 2.13. The van der Waals surface area contributed by atoms with Gasteiger partial charge >= 0.3 is 6.01 Å². The average Bonchev–Trinajstić information content (AvgIpc) is 3.44. The van der Waals surface area contributed by atoms with Crippen LogP contribution in [0.5, 0.6) is 6.01 Å². The lowest BCUT2D eigenvalue weighted by atomic mass is 9.67. The SMILES string of the molecule is C=C(F)C(=O)N1CCN(c2nc(OC[C@@H]3CCCN3C)nc3c2CCC2(CCN(c4ccccc4C)CC2)C3)C[C@@H]1CC#N. The van der Waals surface area contributed by atoms with Gasteiger partial charge in [0.1, 0.15) is 12.4 Å². The number of anilines is 2. The van der Waals surface area contributed by atoms with E-state index in [0.717, 1.165) is 81.7 Å². The lowest BCUT2D eigenvalue weighted by molar-refractivity contribution is -0.131. The summed E-state index contributed by atoms with van der Waals surface area (Å²) in [6, 6.07) is 11.1. The standard InChI is InChI=1S/C34H44FN7O2/c1-24-7-4-5-9-30(24)40-17-13-34(14-18-40)12-10-28-29(21-34)37-33(44-23-27-8-6-16-39(27)3)38-31(28)41-19-20-42(32(43)25(2)35)26(22-41)11-15-36/h4-5,7,9,26-27H,2,6,8,10-14,16-23H2,1,3H3/t26-,27-/m0/s1. The van der Waals surface area contributed by atoms with Crippen LogP contribution in [0.4, 0.5) is 15.9 Å². The number of ether oxygens (including phenoxy) is 1. The van der Waals surface area contributed by atoms with Crippen LogP contribution >= 0.6 is 0 Å². The van der Waals surface area contributed by atoms with Gasteiger partial charge in [-0.05, 0) is 82.5 Å². The van der Waals surface area contributed by atoms with Gasteiger partial charge in [-0.3, -0.25) is 4.79 Å². The van der Waals surface area contributed by atoms with Crippen molar-refractivity contribution in [1.29, 1.82) is 5.26 Å². The molecule has 44 heavy (non-hydrogen) atoms. The highest BCUT2D eigenvalue weighted by Gasteiger charge is 2.41. The van der Waals surface area contributed by atoms with Crippen molar-refractivity contribution in [3.8, 4) is 12.1 Å². The van der Waals surface area contributed by atoms with Crippen molar-refractivity contribution < 1.29 is 13.9 Å². The number of carbonyl (C=O) groups excluding carboxylic acids is 1. The summed E-state index contributed by atoms with van der Waals surface area (Å²) in [5.41, 5.74) is 5.05. The third-order valence-electron chi connectivity index (χ3n) is 10.5. The van der Waals surface area contributed by atoms with Gasteiger partial charge in [0.15, 0.2) is 5.83 Å². The average molecular weight is 602 g/mol. The molecule has 0 N–H and O–H groups in total. The van der Waals surface area contributed by atoms with Crippen molar-refractivity contribution in [3.63, 3.8) is 0 Å². The summed E-state index contributed by atoms with van der Waals surface area (Å²) < 4.78 is 20.1. The molecule has 2 aromatic rings. The number of rotatable bonds is 7. The first-order valence-corrected chi connectivity index (χ1v) is 16.1. The van der Waals surface area contributed by atoms with Crippen molar-refractivity contribution in [3.05, 3.63) is 53.5 Å². The second kappa shape index (κ2) is 12.7. The van der Waals surface area contributed by atoms with E-state index >= 15 is 0 Å². The molecule has 1 aromatic carbocycles. The zero-order valence-electron chi connectivity index (χ0n) is 26.1. The third kappa shape index (κ3) is 6.12. The second-order valence-corrected chi connectivity index (χ2v) is 13.2. The smallest absolute Gasteiger partial charge is 0.318 e. The number of para-hydroxylation sites is 1. The van der Waals surface area contributed by atoms with Crippen molar-refractivity contribution in [2.75, 3.05) is 62.7 Å². The molecule has 1 spiro atoms. The Labute approximate surface area is 260 Å². The maximum absolute atomic E-state index is 13.8. The van der Waals surface area contributed by atoms with Crippen LogP contribution in [-0.2, 0) is 17.6 Å². The molecular formula is C34H44FN7O2. The number of hydrogen-bond acceptors (Lipinski definition) is 8. The minimum atomic E-state index is -0.993. The molecule has 1 amide bonds. The summed E-state index contributed by atoms with van der Waals surface area (Å²) in [6.07, 6.45) is 7.44. The maximum atomic E-state index is 13.8. The zero-order valence-corrected chi connectivity index (χ0v) is 26.1. The molecule has 0 radical (unpaired) electrons. The topological polar surface area (TPSA) is 88.8 Å². The molecule has 0 saturated carbocycles. The number of benzene rings is 1. The normalized spacial score (nSPS) is 23.4. The Bertz CT molecular complexity index is 1430. The van der Waals surface area contributed by atoms with E-state index in [1.807, 2.05) is 0 Å². The van der Waals surface area contributed by atoms with Crippen LogP contribution in [0.2, 0.25) is 0 Å². The number of fused-ring (bicyclic) bond motifs is 1. The number of piperidine rings is 1. The number of hydrogen-bond donors (Lipinski definition) is 0. The third-order valence-corrected chi connectivity index (χ3v) is 10.5. The quantitative estimate of drug-likeness (QED) is 0.431. The minimum absolute atomic E-state index is 0.112. The largest absolute Gasteiger partial charge is 0.462 e. The molecule has 3 aliphatic heterocycles. The van der Waals surface area contributed by atoms with E-state index in [1.165, 1.54) is 16.2 Å². The van der Waals surface area contributed by atoms with Gasteiger partial charge in [0.05, 0.1) is 24.2 Å². The van der Waals surface area contributed by atoms with Crippen molar-refractivity contribution in [1.82, 2.24) is 19.8 Å².